The molecule has 0 aliphatic carbocycles. The number of nitrogens with one attached hydrogen (secondary N) is 2. The zero-order valence-corrected chi connectivity index (χ0v) is 22.1. The molecular weight excluding hydrogens is 468 g/mol. The van der Waals surface area contributed by atoms with Gasteiger partial charge in [0.1, 0.15) is 12.6 Å². The van der Waals surface area contributed by atoms with E-state index in [1.54, 1.807) is 0 Å². The highest BCUT2D eigenvalue weighted by molar-refractivity contribution is 7.99. The van der Waals surface area contributed by atoms with Crippen LogP contribution in [-0.4, -0.2) is 45.3 Å². The van der Waals surface area contributed by atoms with Gasteiger partial charge >= 0.3 is 6.09 Å². The number of ether oxygens (including phenoxy) is 1. The van der Waals surface area contributed by atoms with E-state index in [1.165, 1.54) is 11.8 Å². The molecule has 9 nitrogen and oxygen atoms in total. The standard InChI is InChI=1S/C25H36N4O5S/c1-15(2)12-19(21(30)23-28-29-25(34-23)35-17(5)6)26-22(31)20(13-16(3)4)27-24(32)33-14-18-10-8-7-9-11-18/h7-11,15-17,19-20H,12-14H2,1-6H3,(H,26,31)(H,27,32)/t19-,20-/m0/s1. The van der Waals surface area contributed by atoms with Gasteiger partial charge in [0.2, 0.25) is 11.7 Å². The van der Waals surface area contributed by atoms with Crippen LogP contribution in [-0.2, 0) is 16.1 Å². The number of rotatable bonds is 13. The van der Waals surface area contributed by atoms with Gasteiger partial charge in [0, 0.05) is 5.25 Å². The molecule has 10 heteroatoms. The Labute approximate surface area is 211 Å². The molecule has 0 unspecified atom stereocenters. The second-order valence-electron chi connectivity index (χ2n) is 9.48. The predicted molar refractivity (Wildman–Crippen MR) is 134 cm³/mol. The first-order valence-corrected chi connectivity index (χ1v) is 12.7. The summed E-state index contributed by atoms with van der Waals surface area (Å²) in [5.74, 6) is -0.833. The minimum absolute atomic E-state index is 0.0883. The van der Waals surface area contributed by atoms with Crippen LogP contribution in [0.5, 0.6) is 0 Å². The smallest absolute Gasteiger partial charge is 0.408 e. The van der Waals surface area contributed by atoms with Gasteiger partial charge in [-0.25, -0.2) is 4.79 Å². The fourth-order valence-electron chi connectivity index (χ4n) is 3.29. The average molecular weight is 505 g/mol. The van der Waals surface area contributed by atoms with Crippen LogP contribution in [0.3, 0.4) is 0 Å². The van der Waals surface area contributed by atoms with Gasteiger partial charge in [0.15, 0.2) is 0 Å². The minimum atomic E-state index is -0.865. The molecule has 35 heavy (non-hydrogen) atoms. The van der Waals surface area contributed by atoms with Crippen molar-refractivity contribution in [3.05, 3.63) is 41.8 Å². The number of carbonyl (C=O) groups excluding carboxylic acids is 3. The maximum absolute atomic E-state index is 13.2. The van der Waals surface area contributed by atoms with Crippen molar-refractivity contribution >= 4 is 29.5 Å². The molecule has 0 aliphatic heterocycles. The second kappa shape index (κ2) is 13.9. The molecular formula is C25H36N4O5S. The van der Waals surface area contributed by atoms with Crippen LogP contribution in [0, 0.1) is 11.8 Å². The lowest BCUT2D eigenvalue weighted by atomic mass is 9.98. The van der Waals surface area contributed by atoms with Gasteiger partial charge in [-0.3, -0.25) is 9.59 Å². The third-order valence-electron chi connectivity index (χ3n) is 4.82. The summed E-state index contributed by atoms with van der Waals surface area (Å²) in [6, 6.07) is 7.54. The zero-order chi connectivity index (χ0) is 26.0. The van der Waals surface area contributed by atoms with E-state index in [1.807, 2.05) is 71.9 Å². The molecule has 1 heterocycles. The minimum Gasteiger partial charge on any atom is -0.445 e. The molecule has 2 amide bonds. The van der Waals surface area contributed by atoms with Gasteiger partial charge < -0.3 is 19.8 Å². The second-order valence-corrected chi connectivity index (χ2v) is 11.0. The van der Waals surface area contributed by atoms with Gasteiger partial charge in [0.25, 0.3) is 11.1 Å². The molecule has 0 fully saturated rings. The van der Waals surface area contributed by atoms with E-state index in [0.29, 0.717) is 18.1 Å². The number of carbonyl (C=O) groups is 3. The molecule has 1 aromatic heterocycles. The number of thioether (sulfide) groups is 1. The van der Waals surface area contributed by atoms with Crippen molar-refractivity contribution in [3.8, 4) is 0 Å². The Morgan fingerprint density at radius 1 is 0.914 bits per heavy atom. The van der Waals surface area contributed by atoms with Crippen molar-refractivity contribution in [2.24, 2.45) is 11.8 Å². The highest BCUT2D eigenvalue weighted by atomic mass is 32.2. The molecule has 2 atom stereocenters. The maximum atomic E-state index is 13.2. The normalized spacial score (nSPS) is 13.1. The van der Waals surface area contributed by atoms with E-state index < -0.39 is 29.9 Å². The number of hydrogen-bond acceptors (Lipinski definition) is 8. The molecule has 2 N–H and O–H groups in total. The molecule has 0 spiro atoms. The Bertz CT molecular complexity index is 962. The van der Waals surface area contributed by atoms with E-state index in [-0.39, 0.29) is 29.6 Å². The Balaban J connectivity index is 2.08. The summed E-state index contributed by atoms with van der Waals surface area (Å²) in [6.07, 6.45) is 0.0606. The van der Waals surface area contributed by atoms with E-state index in [2.05, 4.69) is 20.8 Å². The van der Waals surface area contributed by atoms with Crippen LogP contribution >= 0.6 is 11.8 Å². The summed E-state index contributed by atoms with van der Waals surface area (Å²) in [6.45, 7) is 11.8. The number of Topliss-reactive ketones (excluding diaryl/α,β-unsaturated/α-hetero) is 1. The highest BCUT2D eigenvalue weighted by Crippen LogP contribution is 2.22. The summed E-state index contributed by atoms with van der Waals surface area (Å²) in [7, 11) is 0. The average Bonchev–Trinajstić information content (AvgIpc) is 3.24. The quantitative estimate of drug-likeness (QED) is 0.299. The molecule has 0 bridgehead atoms. The first-order valence-electron chi connectivity index (χ1n) is 11.9. The third-order valence-corrected chi connectivity index (χ3v) is 5.66. The van der Waals surface area contributed by atoms with Crippen molar-refractivity contribution in [1.82, 2.24) is 20.8 Å². The Kier molecular flexibility index (Phi) is 11.2. The summed E-state index contributed by atoms with van der Waals surface area (Å²) >= 11 is 1.36. The SMILES string of the molecule is CC(C)C[C@H](NC(=O)OCc1ccccc1)C(=O)N[C@@H](CC(C)C)C(=O)c1nnc(SC(C)C)o1. The van der Waals surface area contributed by atoms with E-state index in [9.17, 15) is 14.4 Å². The summed E-state index contributed by atoms with van der Waals surface area (Å²) < 4.78 is 10.8. The summed E-state index contributed by atoms with van der Waals surface area (Å²) in [5, 5.41) is 13.7. The predicted octanol–water partition coefficient (Wildman–Crippen LogP) is 4.62. The topological polar surface area (TPSA) is 123 Å². The van der Waals surface area contributed by atoms with Crippen molar-refractivity contribution in [1.29, 1.82) is 0 Å². The lowest BCUT2D eigenvalue weighted by Crippen LogP contribution is -2.52. The largest absolute Gasteiger partial charge is 0.445 e. The number of ketones is 1. The molecule has 0 aliphatic rings. The zero-order valence-electron chi connectivity index (χ0n) is 21.2. The van der Waals surface area contributed by atoms with E-state index in [4.69, 9.17) is 9.15 Å². The first kappa shape index (κ1) is 28.4. The number of nitrogens with zero attached hydrogens (tertiary/aromatic N) is 2. The molecule has 1 aromatic carbocycles. The fourth-order valence-corrected chi connectivity index (χ4v) is 3.91. The van der Waals surface area contributed by atoms with Crippen LogP contribution in [0.1, 0.15) is 70.6 Å². The monoisotopic (exact) mass is 504 g/mol. The Morgan fingerprint density at radius 3 is 2.14 bits per heavy atom. The van der Waals surface area contributed by atoms with Gasteiger partial charge in [-0.2, -0.15) is 0 Å². The third kappa shape index (κ3) is 10.1. The van der Waals surface area contributed by atoms with Crippen molar-refractivity contribution < 1.29 is 23.5 Å². The number of hydrogen-bond donors (Lipinski definition) is 2. The van der Waals surface area contributed by atoms with Crippen LogP contribution in [0.4, 0.5) is 4.79 Å². The molecule has 2 rings (SSSR count). The van der Waals surface area contributed by atoms with E-state index >= 15 is 0 Å². The maximum Gasteiger partial charge on any atom is 0.408 e. The lowest BCUT2D eigenvalue weighted by molar-refractivity contribution is -0.124. The van der Waals surface area contributed by atoms with Gasteiger partial charge in [-0.1, -0.05) is 83.6 Å². The number of alkyl carbamates (subject to hydrolysis) is 1. The molecule has 0 saturated carbocycles. The first-order chi connectivity index (χ1) is 16.5. The van der Waals surface area contributed by atoms with Crippen molar-refractivity contribution in [2.75, 3.05) is 0 Å². The number of benzene rings is 1. The Morgan fingerprint density at radius 2 is 1.54 bits per heavy atom. The van der Waals surface area contributed by atoms with Crippen LogP contribution in [0.2, 0.25) is 0 Å². The fraction of sp³-hybridized carbons (Fsp3) is 0.560. The Hall–Kier alpha value is -2.88. The lowest BCUT2D eigenvalue weighted by Gasteiger charge is -2.24. The summed E-state index contributed by atoms with van der Waals surface area (Å²) in [5.41, 5.74) is 0.838. The van der Waals surface area contributed by atoms with Gasteiger partial charge in [0.05, 0.1) is 6.04 Å². The number of aromatic nitrogens is 2. The van der Waals surface area contributed by atoms with Crippen LogP contribution in [0.15, 0.2) is 40.0 Å². The van der Waals surface area contributed by atoms with E-state index in [0.717, 1.165) is 5.56 Å². The molecule has 2 aromatic rings. The van der Waals surface area contributed by atoms with Crippen LogP contribution in [0.25, 0.3) is 0 Å². The summed E-state index contributed by atoms with van der Waals surface area (Å²) in [4.78, 5) is 38.7. The molecule has 0 radical (unpaired) electrons. The van der Waals surface area contributed by atoms with Gasteiger partial charge in [-0.15, -0.1) is 10.2 Å². The molecule has 192 valence electrons. The highest BCUT2D eigenvalue weighted by Gasteiger charge is 2.31. The van der Waals surface area contributed by atoms with Crippen LogP contribution < -0.4 is 10.6 Å². The number of amides is 2. The van der Waals surface area contributed by atoms with Crippen molar-refractivity contribution in [3.63, 3.8) is 0 Å². The van der Waals surface area contributed by atoms with Gasteiger partial charge in [-0.05, 0) is 30.2 Å². The van der Waals surface area contributed by atoms with Crippen molar-refractivity contribution in [2.45, 2.75) is 83.5 Å². The molecule has 0 saturated heterocycles.